The second-order valence-corrected chi connectivity index (χ2v) is 6.49. The Hall–Kier alpha value is -4.32. The first-order chi connectivity index (χ1) is 14.5. The van der Waals surface area contributed by atoms with E-state index >= 15 is 0 Å². The van der Waals surface area contributed by atoms with Crippen molar-refractivity contribution < 1.29 is 9.47 Å². The van der Waals surface area contributed by atoms with E-state index in [2.05, 4.69) is 0 Å². The van der Waals surface area contributed by atoms with Gasteiger partial charge in [-0.1, -0.05) is 24.3 Å². The molecule has 0 aliphatic heterocycles. The third kappa shape index (κ3) is 6.38. The number of benzene rings is 4. The Morgan fingerprint density at radius 2 is 0.600 bits per heavy atom. The van der Waals surface area contributed by atoms with Crippen molar-refractivity contribution in [2.45, 2.75) is 0 Å². The average molecular weight is 400 g/mol. The summed E-state index contributed by atoms with van der Waals surface area (Å²) in [5.41, 5.74) is 25.3. The minimum absolute atomic E-state index is 0.677. The van der Waals surface area contributed by atoms with Gasteiger partial charge < -0.3 is 32.4 Å². The third-order valence-corrected chi connectivity index (χ3v) is 3.90. The first-order valence-corrected chi connectivity index (χ1v) is 9.26. The summed E-state index contributed by atoms with van der Waals surface area (Å²) in [5, 5.41) is 0. The van der Waals surface area contributed by atoms with Crippen LogP contribution in [0.2, 0.25) is 0 Å². The van der Waals surface area contributed by atoms with Crippen LogP contribution in [-0.4, -0.2) is 0 Å². The summed E-state index contributed by atoms with van der Waals surface area (Å²) in [5.74, 6) is 2.84. The topological polar surface area (TPSA) is 123 Å². The lowest BCUT2D eigenvalue weighted by Crippen LogP contribution is -1.89. The van der Waals surface area contributed by atoms with E-state index in [-0.39, 0.29) is 0 Å². The molecule has 0 heterocycles. The molecule has 8 N–H and O–H groups in total. The molecule has 4 aromatic rings. The number of rotatable bonds is 4. The predicted octanol–water partition coefficient (Wildman–Crippen LogP) is 5.29. The molecule has 0 aliphatic carbocycles. The number of hydrogen-bond acceptors (Lipinski definition) is 6. The highest BCUT2D eigenvalue weighted by atomic mass is 16.5. The summed E-state index contributed by atoms with van der Waals surface area (Å²) in [6.07, 6.45) is 0. The highest BCUT2D eigenvalue weighted by Crippen LogP contribution is 2.25. The van der Waals surface area contributed by atoms with E-state index in [9.17, 15) is 0 Å². The molecule has 0 bridgehead atoms. The summed E-state index contributed by atoms with van der Waals surface area (Å²) >= 11 is 0. The Morgan fingerprint density at radius 1 is 0.367 bits per heavy atom. The van der Waals surface area contributed by atoms with Gasteiger partial charge in [0.25, 0.3) is 0 Å². The quantitative estimate of drug-likeness (QED) is 0.345. The monoisotopic (exact) mass is 400 g/mol. The van der Waals surface area contributed by atoms with Crippen molar-refractivity contribution in [1.29, 1.82) is 0 Å². The van der Waals surface area contributed by atoms with Gasteiger partial charge in [0.15, 0.2) is 0 Å². The van der Waals surface area contributed by atoms with Gasteiger partial charge in [0.05, 0.1) is 0 Å². The standard InChI is InChI=1S/2C12H12N2O/c2*13-9-3-1-5-11(7-9)15-12-6-2-4-10(14)8-12/h2*1-8H,13-14H2. The zero-order chi connectivity index (χ0) is 21.3. The number of nitrogens with two attached hydrogens (primary N) is 4. The lowest BCUT2D eigenvalue weighted by Gasteiger charge is -2.06. The largest absolute Gasteiger partial charge is 0.457 e. The van der Waals surface area contributed by atoms with E-state index in [0.717, 1.165) is 0 Å². The molecular formula is C24H24N4O2. The molecule has 0 atom stereocenters. The van der Waals surface area contributed by atoms with E-state index in [1.54, 1.807) is 24.3 Å². The van der Waals surface area contributed by atoms with Crippen LogP contribution in [0, 0.1) is 0 Å². The summed E-state index contributed by atoms with van der Waals surface area (Å²) in [6, 6.07) is 29.1. The number of hydrogen-bond donors (Lipinski definition) is 4. The second-order valence-electron chi connectivity index (χ2n) is 6.49. The summed E-state index contributed by atoms with van der Waals surface area (Å²) in [4.78, 5) is 0. The van der Waals surface area contributed by atoms with Crippen LogP contribution in [0.25, 0.3) is 0 Å². The van der Waals surface area contributed by atoms with E-state index in [4.69, 9.17) is 32.4 Å². The molecule has 0 aliphatic rings. The van der Waals surface area contributed by atoms with Crippen LogP contribution in [0.15, 0.2) is 97.1 Å². The molecule has 0 aromatic heterocycles. The van der Waals surface area contributed by atoms with Crippen molar-refractivity contribution in [3.8, 4) is 23.0 Å². The van der Waals surface area contributed by atoms with Gasteiger partial charge in [0.1, 0.15) is 23.0 Å². The molecule has 0 radical (unpaired) electrons. The molecule has 6 heteroatoms. The van der Waals surface area contributed by atoms with E-state index in [0.29, 0.717) is 45.7 Å². The maximum atomic E-state index is 5.64. The fourth-order valence-corrected chi connectivity index (χ4v) is 2.58. The zero-order valence-corrected chi connectivity index (χ0v) is 16.4. The van der Waals surface area contributed by atoms with Gasteiger partial charge in [-0.2, -0.15) is 0 Å². The Bertz CT molecular complexity index is 939. The van der Waals surface area contributed by atoms with Gasteiger partial charge >= 0.3 is 0 Å². The first-order valence-electron chi connectivity index (χ1n) is 9.26. The van der Waals surface area contributed by atoms with Crippen LogP contribution in [0.1, 0.15) is 0 Å². The molecule has 4 rings (SSSR count). The maximum absolute atomic E-state index is 5.64. The second kappa shape index (κ2) is 9.75. The van der Waals surface area contributed by atoms with Gasteiger partial charge in [-0.15, -0.1) is 0 Å². The van der Waals surface area contributed by atoms with E-state index < -0.39 is 0 Å². The van der Waals surface area contributed by atoms with Crippen LogP contribution < -0.4 is 32.4 Å². The highest BCUT2D eigenvalue weighted by molar-refractivity contribution is 5.49. The van der Waals surface area contributed by atoms with Gasteiger partial charge in [-0.05, 0) is 48.5 Å². The van der Waals surface area contributed by atoms with Crippen LogP contribution >= 0.6 is 0 Å². The predicted molar refractivity (Wildman–Crippen MR) is 124 cm³/mol. The van der Waals surface area contributed by atoms with Crippen LogP contribution in [0.4, 0.5) is 22.7 Å². The van der Waals surface area contributed by atoms with Crippen molar-refractivity contribution in [3.05, 3.63) is 97.1 Å². The van der Waals surface area contributed by atoms with Crippen molar-refractivity contribution in [3.63, 3.8) is 0 Å². The van der Waals surface area contributed by atoms with Crippen LogP contribution in [-0.2, 0) is 0 Å². The van der Waals surface area contributed by atoms with Crippen molar-refractivity contribution >= 4 is 22.7 Å². The first kappa shape index (κ1) is 20.4. The summed E-state index contributed by atoms with van der Waals surface area (Å²) in [6.45, 7) is 0. The highest BCUT2D eigenvalue weighted by Gasteiger charge is 1.98. The third-order valence-electron chi connectivity index (χ3n) is 3.90. The smallest absolute Gasteiger partial charge is 0.129 e. The molecule has 0 amide bonds. The molecule has 152 valence electrons. The number of nitrogen functional groups attached to an aromatic ring is 4. The minimum atomic E-state index is 0.677. The molecule has 0 saturated heterocycles. The average Bonchev–Trinajstić information content (AvgIpc) is 2.69. The maximum Gasteiger partial charge on any atom is 0.129 e. The Balaban J connectivity index is 0.000000171. The normalized spacial score (nSPS) is 9.87. The zero-order valence-electron chi connectivity index (χ0n) is 16.4. The molecule has 4 aromatic carbocycles. The van der Waals surface area contributed by atoms with Gasteiger partial charge in [-0.3, -0.25) is 0 Å². The Kier molecular flexibility index (Phi) is 6.63. The van der Waals surface area contributed by atoms with Crippen LogP contribution in [0.3, 0.4) is 0 Å². The fourth-order valence-electron chi connectivity index (χ4n) is 2.58. The lowest BCUT2D eigenvalue weighted by atomic mass is 10.3. The number of ether oxygens (including phenoxy) is 2. The molecule has 0 fully saturated rings. The van der Waals surface area contributed by atoms with Crippen LogP contribution in [0.5, 0.6) is 23.0 Å². The molecule has 0 saturated carbocycles. The van der Waals surface area contributed by atoms with Crippen molar-refractivity contribution in [2.75, 3.05) is 22.9 Å². The SMILES string of the molecule is Nc1cccc(Oc2cccc(N)c2)c1.Nc1cccc(Oc2cccc(N)c2)c1. The van der Waals surface area contributed by atoms with Gasteiger partial charge in [0.2, 0.25) is 0 Å². The molecular weight excluding hydrogens is 376 g/mol. The molecule has 0 spiro atoms. The Morgan fingerprint density at radius 3 is 0.800 bits per heavy atom. The van der Waals surface area contributed by atoms with E-state index in [1.165, 1.54) is 0 Å². The molecule has 30 heavy (non-hydrogen) atoms. The minimum Gasteiger partial charge on any atom is -0.457 e. The van der Waals surface area contributed by atoms with Gasteiger partial charge in [0, 0.05) is 47.0 Å². The van der Waals surface area contributed by atoms with E-state index in [1.807, 2.05) is 72.8 Å². The number of anilines is 4. The van der Waals surface area contributed by atoms with Crippen molar-refractivity contribution in [2.24, 2.45) is 0 Å². The van der Waals surface area contributed by atoms with Crippen molar-refractivity contribution in [1.82, 2.24) is 0 Å². The summed E-state index contributed by atoms with van der Waals surface area (Å²) < 4.78 is 11.2. The lowest BCUT2D eigenvalue weighted by molar-refractivity contribution is 0.483. The summed E-state index contributed by atoms with van der Waals surface area (Å²) in [7, 11) is 0. The molecule has 0 unspecified atom stereocenters. The van der Waals surface area contributed by atoms with Gasteiger partial charge in [-0.25, -0.2) is 0 Å². The Labute approximate surface area is 175 Å². The molecule has 6 nitrogen and oxygen atoms in total. The fraction of sp³-hybridized carbons (Fsp3) is 0.